The van der Waals surface area contributed by atoms with Crippen molar-refractivity contribution in [3.05, 3.63) is 42.5 Å². The molecule has 7 unspecified atom stereocenters. The molecule has 5 aliphatic rings. The van der Waals surface area contributed by atoms with Crippen LogP contribution in [0.3, 0.4) is 0 Å². The van der Waals surface area contributed by atoms with E-state index in [-0.39, 0.29) is 42.3 Å². The second-order valence-corrected chi connectivity index (χ2v) is 12.6. The number of hydrogen-bond donors (Lipinski definition) is 2. The highest BCUT2D eigenvalue weighted by Crippen LogP contribution is 2.48. The molecule has 1 amide bonds. The second kappa shape index (κ2) is 12.6. The number of Topliss-reactive ketones (excluding diaryl/α,β-unsaturated/α-hetero) is 1. The SMILES string of the molecule is C=CC(=O)N1CCN(C2NC(OCC3CCCN3C)NC3C(=O)[C@@]4(CCC32)CC(OC)c2ccccc2O4)CC1CC#N. The van der Waals surface area contributed by atoms with Crippen molar-refractivity contribution in [3.8, 4) is 11.8 Å². The number of carbonyl (C=O) groups excluding carboxylic acids is 2. The number of likely N-dealkylation sites (tertiary alicyclic amines) is 1. The van der Waals surface area contributed by atoms with Crippen LogP contribution in [0.15, 0.2) is 36.9 Å². The number of likely N-dealkylation sites (N-methyl/N-ethyl adjacent to an activating group) is 1. The van der Waals surface area contributed by atoms with Crippen LogP contribution < -0.4 is 15.4 Å². The summed E-state index contributed by atoms with van der Waals surface area (Å²) in [6.07, 6.45) is 4.66. The Hall–Kier alpha value is -2.85. The summed E-state index contributed by atoms with van der Waals surface area (Å²) in [5, 5.41) is 16.8. The molecule has 11 heteroatoms. The zero-order valence-electron chi connectivity index (χ0n) is 25.2. The molecule has 4 fully saturated rings. The lowest BCUT2D eigenvalue weighted by molar-refractivity contribution is -0.165. The van der Waals surface area contributed by atoms with Crippen molar-refractivity contribution < 1.29 is 23.8 Å². The molecule has 0 radical (unpaired) electrons. The number of nitrogens with zero attached hydrogens (tertiary/aromatic N) is 4. The van der Waals surface area contributed by atoms with Crippen molar-refractivity contribution in [2.75, 3.05) is 46.9 Å². The molecule has 0 aromatic heterocycles. The van der Waals surface area contributed by atoms with Gasteiger partial charge in [-0.1, -0.05) is 24.8 Å². The van der Waals surface area contributed by atoms with Crippen LogP contribution in [-0.2, 0) is 19.1 Å². The fourth-order valence-electron chi connectivity index (χ4n) is 7.90. The van der Waals surface area contributed by atoms with Gasteiger partial charge in [0.25, 0.3) is 0 Å². The number of rotatable bonds is 7. The lowest BCUT2D eigenvalue weighted by Gasteiger charge is -2.55. The highest BCUT2D eigenvalue weighted by Gasteiger charge is 2.58. The third-order valence-corrected chi connectivity index (χ3v) is 10.3. The van der Waals surface area contributed by atoms with Gasteiger partial charge in [-0.25, -0.2) is 0 Å². The second-order valence-electron chi connectivity index (χ2n) is 12.6. The summed E-state index contributed by atoms with van der Waals surface area (Å²) in [5.74, 6) is 0.540. The molecule has 1 spiro atoms. The molecule has 3 saturated heterocycles. The maximum absolute atomic E-state index is 14.6. The standard InChI is InChI=1S/C32H44N6O5/c1-4-27(39)38-17-16-37(19-21(38)12-14-33)30-24-11-13-32(18-26(41-3)23-9-5-6-10-25(23)43-32)29(40)28(24)34-31(35-30)42-20-22-8-7-15-36(22)2/h4-6,9-10,21-22,24,26,28,30-31,34-35H,1,7-8,11-13,15-20H2,2-3H3/t21?,22?,24?,26?,28?,30?,31?,32-/m1/s1. The largest absolute Gasteiger partial charge is 0.479 e. The molecule has 2 N–H and O–H groups in total. The van der Waals surface area contributed by atoms with E-state index in [1.165, 1.54) is 6.08 Å². The van der Waals surface area contributed by atoms with Gasteiger partial charge in [0, 0.05) is 50.7 Å². The molecule has 4 heterocycles. The molecular weight excluding hydrogens is 548 g/mol. The first-order valence-corrected chi connectivity index (χ1v) is 15.6. The lowest BCUT2D eigenvalue weighted by atomic mass is 9.68. The number of benzene rings is 1. The normalized spacial score (nSPS) is 36.4. The minimum atomic E-state index is -0.986. The van der Waals surface area contributed by atoms with Crippen molar-refractivity contribution in [1.29, 1.82) is 5.26 Å². The number of hydrogen-bond acceptors (Lipinski definition) is 10. The Balaban J connectivity index is 1.26. The number of amides is 1. The van der Waals surface area contributed by atoms with Crippen LogP contribution in [-0.4, -0.2) is 110 Å². The van der Waals surface area contributed by atoms with Gasteiger partial charge in [0.2, 0.25) is 5.91 Å². The van der Waals surface area contributed by atoms with Gasteiger partial charge in [-0.3, -0.25) is 25.1 Å². The monoisotopic (exact) mass is 592 g/mol. The Labute approximate surface area is 254 Å². The summed E-state index contributed by atoms with van der Waals surface area (Å²) in [6.45, 7) is 6.90. The Morgan fingerprint density at radius 2 is 2.07 bits per heavy atom. The minimum Gasteiger partial charge on any atom is -0.479 e. The van der Waals surface area contributed by atoms with Gasteiger partial charge in [-0.2, -0.15) is 5.26 Å². The summed E-state index contributed by atoms with van der Waals surface area (Å²) in [4.78, 5) is 33.5. The number of carbonyl (C=O) groups is 2. The van der Waals surface area contributed by atoms with Crippen LogP contribution in [0.5, 0.6) is 5.75 Å². The van der Waals surface area contributed by atoms with Crippen molar-refractivity contribution in [3.63, 3.8) is 0 Å². The first-order valence-electron chi connectivity index (χ1n) is 15.6. The Morgan fingerprint density at radius 3 is 2.81 bits per heavy atom. The van der Waals surface area contributed by atoms with Crippen LogP contribution in [0.2, 0.25) is 0 Å². The zero-order chi connectivity index (χ0) is 30.1. The van der Waals surface area contributed by atoms with Crippen molar-refractivity contribution in [1.82, 2.24) is 25.3 Å². The summed E-state index contributed by atoms with van der Waals surface area (Å²) < 4.78 is 18.9. The van der Waals surface area contributed by atoms with Gasteiger partial charge in [0.05, 0.1) is 43.5 Å². The van der Waals surface area contributed by atoms with E-state index in [1.807, 2.05) is 24.3 Å². The Bertz CT molecular complexity index is 1250. The van der Waals surface area contributed by atoms with Gasteiger partial charge < -0.3 is 24.0 Å². The van der Waals surface area contributed by atoms with Crippen LogP contribution in [0.25, 0.3) is 0 Å². The van der Waals surface area contributed by atoms with Gasteiger partial charge >= 0.3 is 0 Å². The summed E-state index contributed by atoms with van der Waals surface area (Å²) in [5.41, 5.74) is -0.0150. The quantitative estimate of drug-likeness (QED) is 0.454. The summed E-state index contributed by atoms with van der Waals surface area (Å²) in [7, 11) is 3.81. The molecule has 0 bridgehead atoms. The predicted octanol–water partition coefficient (Wildman–Crippen LogP) is 1.77. The van der Waals surface area contributed by atoms with E-state index in [2.05, 4.69) is 40.1 Å². The summed E-state index contributed by atoms with van der Waals surface area (Å²) in [6, 6.07) is 9.67. The van der Waals surface area contributed by atoms with Crippen LogP contribution in [0.4, 0.5) is 0 Å². The third kappa shape index (κ3) is 5.72. The maximum Gasteiger partial charge on any atom is 0.246 e. The Kier molecular flexibility index (Phi) is 8.87. The molecule has 6 rings (SSSR count). The van der Waals surface area contributed by atoms with E-state index in [9.17, 15) is 14.9 Å². The van der Waals surface area contributed by atoms with Crippen LogP contribution in [0, 0.1) is 17.2 Å². The van der Waals surface area contributed by atoms with Crippen molar-refractivity contribution >= 4 is 11.7 Å². The number of nitrogens with one attached hydrogen (secondary N) is 2. The lowest BCUT2D eigenvalue weighted by Crippen LogP contribution is -2.76. The number of methoxy groups -OCH3 is 1. The van der Waals surface area contributed by atoms with E-state index in [0.717, 1.165) is 31.4 Å². The molecule has 1 aliphatic carbocycles. The molecule has 8 atom stereocenters. The van der Waals surface area contributed by atoms with Crippen LogP contribution in [0.1, 0.15) is 50.2 Å². The molecule has 4 aliphatic heterocycles. The zero-order valence-corrected chi connectivity index (χ0v) is 25.2. The third-order valence-electron chi connectivity index (χ3n) is 10.3. The van der Waals surface area contributed by atoms with Gasteiger partial charge in [0.15, 0.2) is 17.7 Å². The van der Waals surface area contributed by atoms with Crippen molar-refractivity contribution in [2.45, 2.75) is 80.9 Å². The molecular formula is C32H44N6O5. The maximum atomic E-state index is 14.6. The topological polar surface area (TPSA) is 119 Å². The number of para-hydroxylation sites is 1. The average Bonchev–Trinajstić information content (AvgIpc) is 3.45. The molecule has 11 nitrogen and oxygen atoms in total. The molecule has 1 aromatic carbocycles. The molecule has 1 aromatic rings. The molecule has 1 saturated carbocycles. The smallest absolute Gasteiger partial charge is 0.246 e. The number of nitriles is 1. The average molecular weight is 593 g/mol. The molecule has 43 heavy (non-hydrogen) atoms. The number of piperazine rings is 1. The summed E-state index contributed by atoms with van der Waals surface area (Å²) >= 11 is 0. The van der Waals surface area contributed by atoms with Gasteiger partial charge in [-0.05, 0) is 51.4 Å². The highest BCUT2D eigenvalue weighted by atomic mass is 16.5. The minimum absolute atomic E-state index is 0.0347. The molecule has 232 valence electrons. The predicted molar refractivity (Wildman–Crippen MR) is 159 cm³/mol. The van der Waals surface area contributed by atoms with E-state index in [0.29, 0.717) is 50.9 Å². The number of ether oxygens (including phenoxy) is 3. The first-order chi connectivity index (χ1) is 20.9. The van der Waals surface area contributed by atoms with Gasteiger partial charge in [-0.15, -0.1) is 0 Å². The number of fused-ring (bicyclic) bond motifs is 2. The highest BCUT2D eigenvalue weighted by molar-refractivity contribution is 5.94. The van der Waals surface area contributed by atoms with E-state index in [4.69, 9.17) is 14.2 Å². The van der Waals surface area contributed by atoms with Crippen LogP contribution >= 0.6 is 0 Å². The number of ketones is 1. The van der Waals surface area contributed by atoms with Crippen molar-refractivity contribution in [2.24, 2.45) is 5.92 Å². The Morgan fingerprint density at radius 1 is 1.23 bits per heavy atom. The first kappa shape index (κ1) is 30.2. The van der Waals surface area contributed by atoms with E-state index in [1.54, 1.807) is 12.0 Å². The fourth-order valence-corrected chi connectivity index (χ4v) is 7.90. The fraction of sp³-hybridized carbons (Fsp3) is 0.656. The van der Waals surface area contributed by atoms with E-state index >= 15 is 0 Å². The van der Waals surface area contributed by atoms with Gasteiger partial charge in [0.1, 0.15) is 5.75 Å². The van der Waals surface area contributed by atoms with E-state index < -0.39 is 18.0 Å².